The molecule has 0 unspecified atom stereocenters. The molecule has 0 bridgehead atoms. The van der Waals surface area contributed by atoms with E-state index < -0.39 is 11.7 Å². The number of hydrogen-bond donors (Lipinski definition) is 0. The highest BCUT2D eigenvalue weighted by Crippen LogP contribution is 2.32. The lowest BCUT2D eigenvalue weighted by Crippen LogP contribution is -2.09. The van der Waals surface area contributed by atoms with E-state index in [1.165, 1.54) is 18.3 Å². The number of halogens is 3. The Labute approximate surface area is 98.1 Å². The zero-order valence-electron chi connectivity index (χ0n) is 9.66. The fourth-order valence-electron chi connectivity index (χ4n) is 1.19. The van der Waals surface area contributed by atoms with Crippen molar-refractivity contribution in [3.63, 3.8) is 0 Å². The van der Waals surface area contributed by atoms with Gasteiger partial charge in [-0.25, -0.2) is 0 Å². The second-order valence-corrected chi connectivity index (χ2v) is 3.93. The molecule has 0 aliphatic heterocycles. The van der Waals surface area contributed by atoms with Gasteiger partial charge in [-0.05, 0) is 12.0 Å². The summed E-state index contributed by atoms with van der Waals surface area (Å²) in [5.41, 5.74) is -0.597. The minimum atomic E-state index is -4.36. The first-order chi connectivity index (χ1) is 7.91. The van der Waals surface area contributed by atoms with Gasteiger partial charge in [0.2, 0.25) is 0 Å². The van der Waals surface area contributed by atoms with Crippen LogP contribution in [0.15, 0.2) is 29.4 Å². The number of oxime groups is 1. The van der Waals surface area contributed by atoms with E-state index in [2.05, 4.69) is 5.16 Å². The molecular formula is C12H14F3NO. The summed E-state index contributed by atoms with van der Waals surface area (Å²) < 4.78 is 37.8. The summed E-state index contributed by atoms with van der Waals surface area (Å²) in [6, 6.07) is 5.31. The molecule has 0 aromatic heterocycles. The lowest BCUT2D eigenvalue weighted by atomic mass is 10.1. The maximum Gasteiger partial charge on any atom is 0.416 e. The van der Waals surface area contributed by atoms with Crippen LogP contribution in [0, 0.1) is 5.92 Å². The van der Waals surface area contributed by atoms with E-state index in [0.29, 0.717) is 0 Å². The molecule has 5 heteroatoms. The van der Waals surface area contributed by atoms with Crippen molar-refractivity contribution < 1.29 is 18.0 Å². The Morgan fingerprint density at radius 1 is 1.29 bits per heavy atom. The highest BCUT2D eigenvalue weighted by molar-refractivity contribution is 5.58. The molecule has 0 aliphatic carbocycles. The van der Waals surface area contributed by atoms with Crippen LogP contribution in [0.3, 0.4) is 0 Å². The van der Waals surface area contributed by atoms with E-state index in [0.717, 1.165) is 6.07 Å². The quantitative estimate of drug-likeness (QED) is 0.583. The van der Waals surface area contributed by atoms with E-state index >= 15 is 0 Å². The van der Waals surface area contributed by atoms with Crippen molar-refractivity contribution in [3.05, 3.63) is 35.4 Å². The smallest absolute Gasteiger partial charge is 0.391 e. The minimum Gasteiger partial charge on any atom is -0.391 e. The fourth-order valence-corrected chi connectivity index (χ4v) is 1.19. The normalized spacial score (nSPS) is 12.4. The van der Waals surface area contributed by atoms with Gasteiger partial charge in [0.05, 0.1) is 5.56 Å². The van der Waals surface area contributed by atoms with Crippen LogP contribution >= 0.6 is 0 Å². The number of rotatable bonds is 4. The molecule has 0 N–H and O–H groups in total. The number of benzene rings is 1. The molecule has 17 heavy (non-hydrogen) atoms. The van der Waals surface area contributed by atoms with Crippen LogP contribution in [0.1, 0.15) is 25.0 Å². The van der Waals surface area contributed by atoms with Crippen molar-refractivity contribution in [2.45, 2.75) is 26.6 Å². The lowest BCUT2D eigenvalue weighted by Gasteiger charge is -2.11. The molecule has 0 radical (unpaired) electrons. The van der Waals surface area contributed by atoms with Crippen LogP contribution in [0.2, 0.25) is 0 Å². The van der Waals surface area contributed by atoms with Gasteiger partial charge in [0.1, 0.15) is 6.61 Å². The van der Waals surface area contributed by atoms with Crippen molar-refractivity contribution in [3.8, 4) is 0 Å². The van der Waals surface area contributed by atoms with Gasteiger partial charge in [-0.3, -0.25) is 0 Å². The molecule has 1 aromatic carbocycles. The molecule has 0 atom stereocenters. The Hall–Kier alpha value is -1.52. The summed E-state index contributed by atoms with van der Waals surface area (Å²) in [5.74, 6) is 0.202. The summed E-state index contributed by atoms with van der Waals surface area (Å²) in [4.78, 5) is 4.84. The molecule has 0 saturated heterocycles. The highest BCUT2D eigenvalue weighted by Gasteiger charge is 2.32. The molecule has 1 aromatic rings. The summed E-state index contributed by atoms with van der Waals surface area (Å²) in [7, 11) is 0. The molecule has 0 amide bonds. The van der Waals surface area contributed by atoms with Crippen LogP contribution < -0.4 is 0 Å². The maximum atomic E-state index is 12.6. The third-order valence-electron chi connectivity index (χ3n) is 1.98. The SMILES string of the molecule is CC(C)C=NOCc1ccccc1C(F)(F)F. The first-order valence-electron chi connectivity index (χ1n) is 5.22. The van der Waals surface area contributed by atoms with Crippen molar-refractivity contribution >= 4 is 6.21 Å². The van der Waals surface area contributed by atoms with Gasteiger partial charge in [0.25, 0.3) is 0 Å². The predicted molar refractivity (Wildman–Crippen MR) is 59.6 cm³/mol. The van der Waals surface area contributed by atoms with Crippen LogP contribution in [0.25, 0.3) is 0 Å². The highest BCUT2D eigenvalue weighted by atomic mass is 19.4. The van der Waals surface area contributed by atoms with Crippen LogP contribution in [-0.2, 0) is 17.6 Å². The van der Waals surface area contributed by atoms with Crippen molar-refractivity contribution in [2.75, 3.05) is 0 Å². The number of nitrogens with zero attached hydrogens (tertiary/aromatic N) is 1. The lowest BCUT2D eigenvalue weighted by molar-refractivity contribution is -0.138. The van der Waals surface area contributed by atoms with Gasteiger partial charge >= 0.3 is 6.18 Å². The van der Waals surface area contributed by atoms with Crippen LogP contribution in [0.5, 0.6) is 0 Å². The maximum absolute atomic E-state index is 12.6. The summed E-state index contributed by atoms with van der Waals surface area (Å²) in [6.45, 7) is 3.62. The third kappa shape index (κ3) is 4.46. The summed E-state index contributed by atoms with van der Waals surface area (Å²) in [6.07, 6.45) is -2.82. The van der Waals surface area contributed by atoms with Crippen LogP contribution in [0.4, 0.5) is 13.2 Å². The van der Waals surface area contributed by atoms with Gasteiger partial charge in [0, 0.05) is 11.8 Å². The van der Waals surface area contributed by atoms with Gasteiger partial charge in [-0.15, -0.1) is 0 Å². The van der Waals surface area contributed by atoms with E-state index in [4.69, 9.17) is 4.84 Å². The minimum absolute atomic E-state index is 0.0842. The zero-order valence-corrected chi connectivity index (χ0v) is 9.66. The van der Waals surface area contributed by atoms with E-state index in [1.807, 2.05) is 13.8 Å². The number of hydrogen-bond acceptors (Lipinski definition) is 2. The average Bonchev–Trinajstić information content (AvgIpc) is 2.23. The van der Waals surface area contributed by atoms with Gasteiger partial charge < -0.3 is 4.84 Å². The molecule has 0 aliphatic rings. The Morgan fingerprint density at radius 2 is 1.94 bits per heavy atom. The molecule has 0 heterocycles. The Kier molecular flexibility index (Phi) is 4.54. The standard InChI is InChI=1S/C12H14F3NO/c1-9(2)7-16-17-8-10-5-3-4-6-11(10)12(13,14)15/h3-7,9H,8H2,1-2H3. The molecule has 94 valence electrons. The largest absolute Gasteiger partial charge is 0.416 e. The second kappa shape index (κ2) is 5.70. The van der Waals surface area contributed by atoms with Crippen LogP contribution in [-0.4, -0.2) is 6.21 Å². The Bertz CT molecular complexity index is 386. The molecule has 2 nitrogen and oxygen atoms in total. The van der Waals surface area contributed by atoms with Crippen molar-refractivity contribution in [1.82, 2.24) is 0 Å². The van der Waals surface area contributed by atoms with Gasteiger partial charge in [-0.2, -0.15) is 13.2 Å². The zero-order chi connectivity index (χ0) is 12.9. The monoisotopic (exact) mass is 245 g/mol. The summed E-state index contributed by atoms with van der Waals surface area (Å²) in [5, 5.41) is 3.60. The molecule has 0 saturated carbocycles. The Morgan fingerprint density at radius 3 is 2.53 bits per heavy atom. The van der Waals surface area contributed by atoms with E-state index in [-0.39, 0.29) is 18.1 Å². The fraction of sp³-hybridized carbons (Fsp3) is 0.417. The number of alkyl halides is 3. The van der Waals surface area contributed by atoms with Crippen molar-refractivity contribution in [1.29, 1.82) is 0 Å². The van der Waals surface area contributed by atoms with Gasteiger partial charge in [0.15, 0.2) is 0 Å². The second-order valence-electron chi connectivity index (χ2n) is 3.93. The Balaban J connectivity index is 2.71. The van der Waals surface area contributed by atoms with E-state index in [9.17, 15) is 13.2 Å². The molecule has 0 fully saturated rings. The molecular weight excluding hydrogens is 231 g/mol. The molecule has 1 rings (SSSR count). The van der Waals surface area contributed by atoms with E-state index in [1.54, 1.807) is 6.07 Å². The van der Waals surface area contributed by atoms with Gasteiger partial charge in [-0.1, -0.05) is 37.2 Å². The topological polar surface area (TPSA) is 21.6 Å². The third-order valence-corrected chi connectivity index (χ3v) is 1.98. The molecule has 0 spiro atoms. The van der Waals surface area contributed by atoms with Crippen molar-refractivity contribution in [2.24, 2.45) is 11.1 Å². The predicted octanol–water partition coefficient (Wildman–Crippen LogP) is 3.86. The first kappa shape index (κ1) is 13.5. The first-order valence-corrected chi connectivity index (χ1v) is 5.22. The summed E-state index contributed by atoms with van der Waals surface area (Å²) >= 11 is 0. The average molecular weight is 245 g/mol.